The molecule has 0 spiro atoms. The van der Waals surface area contributed by atoms with E-state index in [9.17, 15) is 9.90 Å². The fraction of sp³-hybridized carbons (Fsp3) is 0.667. The number of furan rings is 1. The Labute approximate surface area is 113 Å². The van der Waals surface area contributed by atoms with Crippen molar-refractivity contribution in [2.45, 2.75) is 44.6 Å². The summed E-state index contributed by atoms with van der Waals surface area (Å²) < 4.78 is 5.21. The van der Waals surface area contributed by atoms with Crippen LogP contribution in [0.5, 0.6) is 0 Å². The largest absolute Gasteiger partial charge is 0.469 e. The van der Waals surface area contributed by atoms with Gasteiger partial charge in [0.1, 0.15) is 5.76 Å². The summed E-state index contributed by atoms with van der Waals surface area (Å²) in [6.07, 6.45) is 6.47. The van der Waals surface area contributed by atoms with E-state index in [1.807, 2.05) is 11.8 Å². The number of fused-ring (bicyclic) bond motifs is 1. The van der Waals surface area contributed by atoms with Gasteiger partial charge >= 0.3 is 0 Å². The van der Waals surface area contributed by atoms with Gasteiger partial charge in [0.25, 0.3) is 5.91 Å². The lowest BCUT2D eigenvalue weighted by Crippen LogP contribution is -2.54. The van der Waals surface area contributed by atoms with E-state index in [1.54, 1.807) is 12.3 Å². The van der Waals surface area contributed by atoms with E-state index in [1.165, 1.54) is 6.42 Å². The average Bonchev–Trinajstić information content (AvgIpc) is 2.83. The quantitative estimate of drug-likeness (QED) is 0.846. The Morgan fingerprint density at radius 3 is 3.05 bits per heavy atom. The number of carbonyl (C=O) groups excluding carboxylic acids is 1. The molecule has 19 heavy (non-hydrogen) atoms. The first-order valence-corrected chi connectivity index (χ1v) is 7.16. The molecule has 0 aromatic carbocycles. The number of hydrogen-bond donors (Lipinski definition) is 1. The standard InChI is InChI=1S/C15H21NO3/c1-11-13(5-9-19-11)14(17)16-8-7-15(18)6-3-2-4-12(15)10-16/h5,9,12,18H,2-4,6-8,10H2,1H3. The van der Waals surface area contributed by atoms with Crippen molar-refractivity contribution in [2.75, 3.05) is 13.1 Å². The zero-order valence-corrected chi connectivity index (χ0v) is 11.4. The van der Waals surface area contributed by atoms with Gasteiger partial charge in [0.05, 0.1) is 17.4 Å². The topological polar surface area (TPSA) is 53.7 Å². The molecule has 0 bridgehead atoms. The van der Waals surface area contributed by atoms with Gasteiger partial charge in [0.2, 0.25) is 0 Å². The number of piperidine rings is 1. The van der Waals surface area contributed by atoms with Crippen LogP contribution in [0.4, 0.5) is 0 Å². The summed E-state index contributed by atoms with van der Waals surface area (Å²) in [6.45, 7) is 3.14. The van der Waals surface area contributed by atoms with Crippen molar-refractivity contribution in [1.29, 1.82) is 0 Å². The highest BCUT2D eigenvalue weighted by molar-refractivity contribution is 5.95. The minimum Gasteiger partial charge on any atom is -0.469 e. The molecule has 2 aliphatic rings. The van der Waals surface area contributed by atoms with Crippen molar-refractivity contribution in [3.8, 4) is 0 Å². The smallest absolute Gasteiger partial charge is 0.257 e. The third-order valence-corrected chi connectivity index (χ3v) is 4.80. The van der Waals surface area contributed by atoms with E-state index in [4.69, 9.17) is 4.42 Å². The van der Waals surface area contributed by atoms with Gasteiger partial charge in [-0.2, -0.15) is 0 Å². The van der Waals surface area contributed by atoms with Gasteiger partial charge in [-0.15, -0.1) is 0 Å². The molecule has 2 atom stereocenters. The lowest BCUT2D eigenvalue weighted by Gasteiger charge is -2.47. The van der Waals surface area contributed by atoms with Gasteiger partial charge in [-0.05, 0) is 32.3 Å². The third kappa shape index (κ3) is 2.18. The van der Waals surface area contributed by atoms with E-state index in [2.05, 4.69) is 0 Å². The number of aliphatic hydroxyl groups is 1. The molecule has 4 nitrogen and oxygen atoms in total. The van der Waals surface area contributed by atoms with Crippen molar-refractivity contribution in [3.63, 3.8) is 0 Å². The Hall–Kier alpha value is -1.29. The third-order valence-electron chi connectivity index (χ3n) is 4.80. The van der Waals surface area contributed by atoms with Gasteiger partial charge in [-0.25, -0.2) is 0 Å². The van der Waals surface area contributed by atoms with Crippen LogP contribution in [0.2, 0.25) is 0 Å². The van der Waals surface area contributed by atoms with Gasteiger partial charge in [-0.3, -0.25) is 4.79 Å². The zero-order chi connectivity index (χ0) is 13.5. The molecular formula is C15H21NO3. The Balaban J connectivity index is 1.74. The monoisotopic (exact) mass is 263 g/mol. The van der Waals surface area contributed by atoms with E-state index < -0.39 is 5.60 Å². The summed E-state index contributed by atoms with van der Waals surface area (Å²) in [5.41, 5.74) is 0.127. The Kier molecular flexibility index (Phi) is 3.13. The first-order chi connectivity index (χ1) is 9.10. The number of nitrogens with zero attached hydrogens (tertiary/aromatic N) is 1. The highest BCUT2D eigenvalue weighted by Gasteiger charge is 2.43. The molecule has 2 unspecified atom stereocenters. The van der Waals surface area contributed by atoms with E-state index in [0.717, 1.165) is 19.3 Å². The fourth-order valence-electron chi connectivity index (χ4n) is 3.53. The maximum Gasteiger partial charge on any atom is 0.257 e. The van der Waals surface area contributed by atoms with Crippen LogP contribution in [0.15, 0.2) is 16.7 Å². The summed E-state index contributed by atoms with van der Waals surface area (Å²) >= 11 is 0. The highest BCUT2D eigenvalue weighted by Crippen LogP contribution is 2.40. The molecule has 1 N–H and O–H groups in total. The van der Waals surface area contributed by atoms with Crippen molar-refractivity contribution < 1.29 is 14.3 Å². The SMILES string of the molecule is Cc1occc1C(=O)N1CCC2(O)CCCCC2C1. The first kappa shape index (κ1) is 12.7. The number of amides is 1. The second-order valence-corrected chi connectivity index (χ2v) is 5.94. The summed E-state index contributed by atoms with van der Waals surface area (Å²) in [5, 5.41) is 10.6. The molecule has 104 valence electrons. The lowest BCUT2D eigenvalue weighted by atomic mass is 9.71. The van der Waals surface area contributed by atoms with Crippen molar-refractivity contribution in [3.05, 3.63) is 23.7 Å². The van der Waals surface area contributed by atoms with Crippen molar-refractivity contribution >= 4 is 5.91 Å². The second-order valence-electron chi connectivity index (χ2n) is 5.94. The zero-order valence-electron chi connectivity index (χ0n) is 11.4. The van der Waals surface area contributed by atoms with Crippen LogP contribution in [-0.4, -0.2) is 34.6 Å². The molecule has 0 radical (unpaired) electrons. The van der Waals surface area contributed by atoms with E-state index >= 15 is 0 Å². The lowest BCUT2D eigenvalue weighted by molar-refractivity contribution is -0.0886. The van der Waals surface area contributed by atoms with Gasteiger partial charge in [0, 0.05) is 19.0 Å². The van der Waals surface area contributed by atoms with E-state index in [-0.39, 0.29) is 11.8 Å². The number of hydrogen-bond acceptors (Lipinski definition) is 3. The fourth-order valence-corrected chi connectivity index (χ4v) is 3.53. The van der Waals surface area contributed by atoms with Crippen LogP contribution >= 0.6 is 0 Å². The molecule has 2 fully saturated rings. The summed E-state index contributed by atoms with van der Waals surface area (Å²) in [6, 6.07) is 1.74. The van der Waals surface area contributed by atoms with Crippen LogP contribution in [0, 0.1) is 12.8 Å². The van der Waals surface area contributed by atoms with Gasteiger partial charge in [-0.1, -0.05) is 12.8 Å². The molecule has 1 aliphatic carbocycles. The van der Waals surface area contributed by atoms with Crippen LogP contribution in [0.25, 0.3) is 0 Å². The number of rotatable bonds is 1. The molecular weight excluding hydrogens is 242 g/mol. The average molecular weight is 263 g/mol. The van der Waals surface area contributed by atoms with Crippen molar-refractivity contribution in [2.24, 2.45) is 5.92 Å². The molecule has 1 aromatic rings. The van der Waals surface area contributed by atoms with Gasteiger partial charge in [0.15, 0.2) is 0 Å². The molecule has 3 rings (SSSR count). The molecule has 1 amide bonds. The summed E-state index contributed by atoms with van der Waals surface area (Å²) in [5.74, 6) is 0.958. The predicted molar refractivity (Wildman–Crippen MR) is 70.9 cm³/mol. The highest BCUT2D eigenvalue weighted by atomic mass is 16.3. The summed E-state index contributed by atoms with van der Waals surface area (Å²) in [4.78, 5) is 14.3. The number of aryl methyl sites for hydroxylation is 1. The first-order valence-electron chi connectivity index (χ1n) is 7.16. The summed E-state index contributed by atoms with van der Waals surface area (Å²) in [7, 11) is 0. The molecule has 1 aliphatic heterocycles. The van der Waals surface area contributed by atoms with Gasteiger partial charge < -0.3 is 14.4 Å². The number of carbonyl (C=O) groups is 1. The van der Waals surface area contributed by atoms with Crippen LogP contribution in [-0.2, 0) is 0 Å². The molecule has 1 saturated carbocycles. The Bertz CT molecular complexity index is 481. The molecule has 1 saturated heterocycles. The number of likely N-dealkylation sites (tertiary alicyclic amines) is 1. The predicted octanol–water partition coefficient (Wildman–Crippen LogP) is 2.36. The maximum absolute atomic E-state index is 12.4. The van der Waals surface area contributed by atoms with Crippen molar-refractivity contribution in [1.82, 2.24) is 4.90 Å². The maximum atomic E-state index is 12.4. The Morgan fingerprint density at radius 2 is 2.32 bits per heavy atom. The Morgan fingerprint density at radius 1 is 1.47 bits per heavy atom. The molecule has 2 heterocycles. The minimum atomic E-state index is -0.527. The van der Waals surface area contributed by atoms with Crippen LogP contribution in [0.3, 0.4) is 0 Å². The van der Waals surface area contributed by atoms with Crippen LogP contribution in [0.1, 0.15) is 48.2 Å². The van der Waals surface area contributed by atoms with Crippen LogP contribution < -0.4 is 0 Å². The minimum absolute atomic E-state index is 0.0406. The van der Waals surface area contributed by atoms with E-state index in [0.29, 0.717) is 30.8 Å². The second kappa shape index (κ2) is 4.67. The molecule has 4 heteroatoms. The molecule has 1 aromatic heterocycles. The normalized spacial score (nSPS) is 31.1.